The topological polar surface area (TPSA) is 62.3 Å². The van der Waals surface area contributed by atoms with E-state index in [0.717, 1.165) is 27.8 Å². The van der Waals surface area contributed by atoms with E-state index in [2.05, 4.69) is 4.98 Å². The quantitative estimate of drug-likeness (QED) is 0.703. The Hall–Kier alpha value is -3.01. The highest BCUT2D eigenvalue weighted by atomic mass is 16.5. The van der Waals surface area contributed by atoms with Crippen LogP contribution in [0.15, 0.2) is 60.3 Å². The van der Waals surface area contributed by atoms with Crippen LogP contribution >= 0.6 is 0 Å². The van der Waals surface area contributed by atoms with E-state index in [1.165, 1.54) is 0 Å². The molecule has 2 aromatic carbocycles. The van der Waals surface area contributed by atoms with Gasteiger partial charge in [-0.25, -0.2) is 4.79 Å². The van der Waals surface area contributed by atoms with E-state index in [-0.39, 0.29) is 0 Å². The molecular weight excluding hydrogens is 290 g/mol. The summed E-state index contributed by atoms with van der Waals surface area (Å²) in [5, 5.41) is 10.4. The summed E-state index contributed by atoms with van der Waals surface area (Å²) in [7, 11) is 1.61. The van der Waals surface area contributed by atoms with Crippen molar-refractivity contribution in [2.45, 2.75) is 6.42 Å². The highest BCUT2D eigenvalue weighted by Gasteiger charge is 2.12. The Kier molecular flexibility index (Phi) is 4.15. The molecule has 2 N–H and O–H groups in total. The predicted molar refractivity (Wildman–Crippen MR) is 90.6 cm³/mol. The molecule has 0 saturated heterocycles. The Bertz CT molecular complexity index is 863. The summed E-state index contributed by atoms with van der Waals surface area (Å²) in [5.74, 6) is -0.197. The molecule has 4 nitrogen and oxygen atoms in total. The first kappa shape index (κ1) is 14.9. The van der Waals surface area contributed by atoms with Crippen LogP contribution in [0, 0.1) is 0 Å². The van der Waals surface area contributed by atoms with Gasteiger partial charge in [0.25, 0.3) is 0 Å². The van der Waals surface area contributed by atoms with Crippen LogP contribution in [-0.2, 0) is 11.2 Å². The van der Waals surface area contributed by atoms with Crippen LogP contribution in [-0.4, -0.2) is 23.2 Å². The van der Waals surface area contributed by atoms with Crippen LogP contribution in [0.2, 0.25) is 0 Å². The number of benzene rings is 2. The highest BCUT2D eigenvalue weighted by molar-refractivity contribution is 5.99. The molecule has 0 fully saturated rings. The third-order valence-electron chi connectivity index (χ3n) is 3.76. The van der Waals surface area contributed by atoms with E-state index in [1.807, 2.05) is 48.5 Å². The van der Waals surface area contributed by atoms with Crippen molar-refractivity contribution in [2.75, 3.05) is 7.11 Å². The van der Waals surface area contributed by atoms with Crippen molar-refractivity contribution >= 4 is 22.9 Å². The predicted octanol–water partition coefficient (Wildman–Crippen LogP) is 3.89. The second-order valence-electron chi connectivity index (χ2n) is 5.26. The summed E-state index contributed by atoms with van der Waals surface area (Å²) in [6.07, 6.45) is 3.88. The van der Waals surface area contributed by atoms with Crippen molar-refractivity contribution in [3.8, 4) is 5.75 Å². The molecule has 0 atom stereocenters. The molecule has 116 valence electrons. The monoisotopic (exact) mass is 307 g/mol. The van der Waals surface area contributed by atoms with Crippen molar-refractivity contribution in [2.24, 2.45) is 0 Å². The number of aromatic amines is 1. The molecule has 3 rings (SSSR count). The van der Waals surface area contributed by atoms with Gasteiger partial charge in [-0.1, -0.05) is 36.4 Å². The van der Waals surface area contributed by atoms with Gasteiger partial charge >= 0.3 is 5.97 Å². The number of aliphatic carboxylic acids is 1. The lowest BCUT2D eigenvalue weighted by molar-refractivity contribution is -0.132. The molecule has 0 radical (unpaired) electrons. The van der Waals surface area contributed by atoms with Crippen molar-refractivity contribution in [3.05, 3.63) is 71.4 Å². The second-order valence-corrected chi connectivity index (χ2v) is 5.26. The first-order valence-corrected chi connectivity index (χ1v) is 7.31. The van der Waals surface area contributed by atoms with Crippen LogP contribution in [0.1, 0.15) is 11.1 Å². The van der Waals surface area contributed by atoms with E-state index in [9.17, 15) is 9.90 Å². The summed E-state index contributed by atoms with van der Waals surface area (Å²) < 4.78 is 5.39. The van der Waals surface area contributed by atoms with Gasteiger partial charge in [-0.2, -0.15) is 0 Å². The fraction of sp³-hybridized carbons (Fsp3) is 0.105. The fourth-order valence-electron chi connectivity index (χ4n) is 2.65. The molecule has 4 heteroatoms. The van der Waals surface area contributed by atoms with Gasteiger partial charge in [0.1, 0.15) is 5.75 Å². The molecule has 0 saturated carbocycles. The lowest BCUT2D eigenvalue weighted by Crippen LogP contribution is -2.03. The molecule has 1 heterocycles. The van der Waals surface area contributed by atoms with Gasteiger partial charge in [0, 0.05) is 34.7 Å². The van der Waals surface area contributed by atoms with Crippen LogP contribution in [0.4, 0.5) is 0 Å². The minimum Gasteiger partial charge on any atom is -0.496 e. The van der Waals surface area contributed by atoms with Gasteiger partial charge in [-0.3, -0.25) is 0 Å². The third kappa shape index (κ3) is 3.11. The number of hydrogen-bond acceptors (Lipinski definition) is 2. The number of methoxy groups -OCH3 is 1. The van der Waals surface area contributed by atoms with Gasteiger partial charge in [-0.15, -0.1) is 0 Å². The first-order chi connectivity index (χ1) is 11.2. The number of fused-ring (bicyclic) bond motifs is 1. The SMILES string of the molecule is COc1cccc2[nH]cc(C=C(Cc3ccccc3)C(=O)O)c12. The van der Waals surface area contributed by atoms with E-state index in [0.29, 0.717) is 12.0 Å². The smallest absolute Gasteiger partial charge is 0.331 e. The average molecular weight is 307 g/mol. The number of carboxylic acid groups (broad SMARTS) is 1. The zero-order valence-corrected chi connectivity index (χ0v) is 12.7. The van der Waals surface area contributed by atoms with Crippen LogP contribution < -0.4 is 4.74 Å². The number of aromatic nitrogens is 1. The minimum absolute atomic E-state index is 0.336. The Morgan fingerprint density at radius 1 is 1.17 bits per heavy atom. The van der Waals surface area contributed by atoms with Crippen LogP contribution in [0.5, 0.6) is 5.75 Å². The van der Waals surface area contributed by atoms with E-state index in [4.69, 9.17) is 4.74 Å². The normalized spacial score (nSPS) is 11.6. The molecule has 1 aromatic heterocycles. The number of ether oxygens (including phenoxy) is 1. The van der Waals surface area contributed by atoms with Crippen molar-refractivity contribution < 1.29 is 14.6 Å². The number of nitrogens with one attached hydrogen (secondary N) is 1. The second kappa shape index (κ2) is 6.40. The molecule has 0 aliphatic rings. The Morgan fingerprint density at radius 3 is 2.65 bits per heavy atom. The zero-order chi connectivity index (χ0) is 16.2. The molecular formula is C19H17NO3. The van der Waals surface area contributed by atoms with Gasteiger partial charge in [0.15, 0.2) is 0 Å². The van der Waals surface area contributed by atoms with E-state index >= 15 is 0 Å². The van der Waals surface area contributed by atoms with Gasteiger partial charge in [-0.05, 0) is 23.8 Å². The van der Waals surface area contributed by atoms with Gasteiger partial charge < -0.3 is 14.8 Å². The van der Waals surface area contributed by atoms with E-state index in [1.54, 1.807) is 19.4 Å². The molecule has 0 aliphatic carbocycles. The molecule has 0 unspecified atom stereocenters. The fourth-order valence-corrected chi connectivity index (χ4v) is 2.65. The third-order valence-corrected chi connectivity index (χ3v) is 3.76. The maximum atomic E-state index is 11.6. The summed E-state index contributed by atoms with van der Waals surface area (Å²) >= 11 is 0. The van der Waals surface area contributed by atoms with Crippen molar-refractivity contribution in [1.82, 2.24) is 4.98 Å². The number of carboxylic acids is 1. The maximum absolute atomic E-state index is 11.6. The Labute approximate surface area is 134 Å². The molecule has 23 heavy (non-hydrogen) atoms. The van der Waals surface area contributed by atoms with Crippen molar-refractivity contribution in [1.29, 1.82) is 0 Å². The number of H-pyrrole nitrogens is 1. The molecule has 0 spiro atoms. The zero-order valence-electron chi connectivity index (χ0n) is 12.7. The minimum atomic E-state index is -0.918. The lowest BCUT2D eigenvalue weighted by Gasteiger charge is -2.05. The summed E-state index contributed by atoms with van der Waals surface area (Å²) in [5.41, 5.74) is 3.03. The molecule has 0 aliphatic heterocycles. The molecule has 0 bridgehead atoms. The summed E-state index contributed by atoms with van der Waals surface area (Å²) in [6.45, 7) is 0. The molecule has 3 aromatic rings. The number of rotatable bonds is 5. The Morgan fingerprint density at radius 2 is 1.96 bits per heavy atom. The number of hydrogen-bond donors (Lipinski definition) is 2. The first-order valence-electron chi connectivity index (χ1n) is 7.31. The van der Waals surface area contributed by atoms with Gasteiger partial charge in [0.05, 0.1) is 7.11 Å². The summed E-state index contributed by atoms with van der Waals surface area (Å²) in [6, 6.07) is 15.3. The number of carbonyl (C=O) groups is 1. The largest absolute Gasteiger partial charge is 0.496 e. The van der Waals surface area contributed by atoms with Crippen molar-refractivity contribution in [3.63, 3.8) is 0 Å². The van der Waals surface area contributed by atoms with Gasteiger partial charge in [0.2, 0.25) is 0 Å². The maximum Gasteiger partial charge on any atom is 0.331 e. The standard InChI is InChI=1S/C19H17NO3/c1-23-17-9-5-8-16-18(17)15(12-20-16)11-14(19(21)22)10-13-6-3-2-4-7-13/h2-9,11-12,20H,10H2,1H3,(H,21,22). The molecule has 0 amide bonds. The van der Waals surface area contributed by atoms with E-state index < -0.39 is 5.97 Å². The summed E-state index contributed by atoms with van der Waals surface area (Å²) in [4.78, 5) is 14.8. The average Bonchev–Trinajstić information content (AvgIpc) is 2.98. The van der Waals surface area contributed by atoms with Crippen LogP contribution in [0.3, 0.4) is 0 Å². The highest BCUT2D eigenvalue weighted by Crippen LogP contribution is 2.30. The lowest BCUT2D eigenvalue weighted by atomic mass is 10.0. The Balaban J connectivity index is 2.05. The van der Waals surface area contributed by atoms with Crippen LogP contribution in [0.25, 0.3) is 17.0 Å².